The van der Waals surface area contributed by atoms with Crippen molar-refractivity contribution in [1.29, 1.82) is 0 Å². The van der Waals surface area contributed by atoms with E-state index in [1.165, 1.54) is 15.9 Å². The van der Waals surface area contributed by atoms with Gasteiger partial charge in [-0.1, -0.05) is 11.6 Å². The van der Waals surface area contributed by atoms with Crippen molar-refractivity contribution in [2.45, 2.75) is 18.0 Å². The van der Waals surface area contributed by atoms with Crippen LogP contribution in [0, 0.1) is 5.82 Å². The largest absolute Gasteiger partial charge is 0.293 e. The van der Waals surface area contributed by atoms with E-state index in [4.69, 9.17) is 11.6 Å². The van der Waals surface area contributed by atoms with Gasteiger partial charge in [0.25, 0.3) is 5.56 Å². The van der Waals surface area contributed by atoms with Crippen LogP contribution in [0.15, 0.2) is 70.9 Å². The van der Waals surface area contributed by atoms with Gasteiger partial charge in [0.05, 0.1) is 14.9 Å². The fraction of sp³-hybridized carbons (Fsp3) is 0.136. The number of imidazole rings is 1. The van der Waals surface area contributed by atoms with Crippen molar-refractivity contribution in [3.05, 3.63) is 92.0 Å². The molecular formula is C22H17ClFN3O4S2. The topological polar surface area (TPSA) is 91.0 Å². The number of halogens is 2. The highest BCUT2D eigenvalue weighted by Crippen LogP contribution is 2.24. The Labute approximate surface area is 197 Å². The Kier molecular flexibility index (Phi) is 6.33. The molecule has 0 aliphatic carbocycles. The molecule has 0 fully saturated rings. The number of rotatable bonds is 7. The maximum absolute atomic E-state index is 13.5. The molecule has 33 heavy (non-hydrogen) atoms. The molecule has 7 nitrogen and oxygen atoms in total. The fourth-order valence-corrected chi connectivity index (χ4v) is 5.05. The van der Waals surface area contributed by atoms with E-state index in [2.05, 4.69) is 4.98 Å². The summed E-state index contributed by atoms with van der Waals surface area (Å²) in [4.78, 5) is 29.1. The molecule has 0 saturated heterocycles. The summed E-state index contributed by atoms with van der Waals surface area (Å²) in [7, 11) is -3.68. The molecule has 0 amide bonds. The maximum Gasteiger partial charge on any atom is 0.255 e. The van der Waals surface area contributed by atoms with E-state index in [0.717, 1.165) is 29.2 Å². The lowest BCUT2D eigenvalue weighted by molar-refractivity contribution is 0.0986. The van der Waals surface area contributed by atoms with Gasteiger partial charge in [-0.2, -0.15) is 0 Å². The highest BCUT2D eigenvalue weighted by Gasteiger charge is 2.20. The average molecular weight is 506 g/mol. The number of aryl methyl sites for hydroxylation is 1. The van der Waals surface area contributed by atoms with Crippen LogP contribution in [0.4, 0.5) is 4.39 Å². The number of carbonyl (C=O) groups excluding carboxylic acids is 1. The number of aromatic nitrogens is 3. The monoisotopic (exact) mass is 505 g/mol. The van der Waals surface area contributed by atoms with Gasteiger partial charge in [-0.3, -0.25) is 18.7 Å². The summed E-state index contributed by atoms with van der Waals surface area (Å²) in [5.74, 6) is -0.663. The molecule has 0 radical (unpaired) electrons. The van der Waals surface area contributed by atoms with Crippen molar-refractivity contribution in [3.8, 4) is 11.4 Å². The van der Waals surface area contributed by atoms with Crippen LogP contribution in [0.25, 0.3) is 11.4 Å². The second-order valence-electron chi connectivity index (χ2n) is 7.26. The van der Waals surface area contributed by atoms with Gasteiger partial charge >= 0.3 is 0 Å². The number of sulfone groups is 1. The lowest BCUT2D eigenvalue weighted by atomic mass is 10.1. The molecule has 4 rings (SSSR count). The number of carbonyl (C=O) groups is 1. The first-order valence-corrected chi connectivity index (χ1v) is 12.8. The number of thiophene rings is 1. The number of Topliss-reactive ketones (excluding diaryl/α,β-unsaturated/α-hetero) is 1. The van der Waals surface area contributed by atoms with Crippen molar-refractivity contribution in [2.24, 2.45) is 0 Å². The summed E-state index contributed by atoms with van der Waals surface area (Å²) in [6.07, 6.45) is 4.09. The van der Waals surface area contributed by atoms with Crippen molar-refractivity contribution >= 4 is 38.6 Å². The standard InChI is InChI=1S/C22H17ClFN3O4S2/c1-33(30,31)22-25-15(3-8-18(28)19-9-10-20(23)32-19)13-27(22)17-6-4-16(5-7-17)26-12-14(24)2-11-21(26)29/h2,4-7,9-13H,3,8H2,1H3. The third kappa shape index (κ3) is 5.13. The number of hydrogen-bond acceptors (Lipinski definition) is 6. The number of pyridine rings is 1. The third-order valence-electron chi connectivity index (χ3n) is 4.79. The summed E-state index contributed by atoms with van der Waals surface area (Å²) in [5.41, 5.74) is 0.947. The van der Waals surface area contributed by atoms with Crippen LogP contribution in [-0.4, -0.2) is 34.6 Å². The smallest absolute Gasteiger partial charge is 0.255 e. The predicted molar refractivity (Wildman–Crippen MR) is 124 cm³/mol. The molecule has 0 saturated carbocycles. The zero-order valence-corrected chi connectivity index (χ0v) is 19.6. The quantitative estimate of drug-likeness (QED) is 0.353. The van der Waals surface area contributed by atoms with Crippen LogP contribution < -0.4 is 5.56 Å². The van der Waals surface area contributed by atoms with E-state index in [1.54, 1.807) is 42.6 Å². The van der Waals surface area contributed by atoms with Crippen LogP contribution in [0.1, 0.15) is 21.8 Å². The Hall–Kier alpha value is -3.08. The van der Waals surface area contributed by atoms with Gasteiger partial charge < -0.3 is 0 Å². The molecule has 3 heterocycles. The van der Waals surface area contributed by atoms with Crippen LogP contribution in [-0.2, 0) is 16.3 Å². The molecule has 170 valence electrons. The molecule has 11 heteroatoms. The lowest BCUT2D eigenvalue weighted by Crippen LogP contribution is -2.16. The Morgan fingerprint density at radius 3 is 2.30 bits per heavy atom. The van der Waals surface area contributed by atoms with E-state index in [0.29, 0.717) is 26.3 Å². The van der Waals surface area contributed by atoms with Gasteiger partial charge in [0, 0.05) is 42.5 Å². The number of nitrogens with zero attached hydrogens (tertiary/aromatic N) is 3. The predicted octanol–water partition coefficient (Wildman–Crippen LogP) is 4.10. The molecule has 0 aliphatic rings. The summed E-state index contributed by atoms with van der Waals surface area (Å²) < 4.78 is 41.3. The van der Waals surface area contributed by atoms with Crippen LogP contribution >= 0.6 is 22.9 Å². The third-order valence-corrected chi connectivity index (χ3v) is 7.02. The molecule has 0 bridgehead atoms. The number of hydrogen-bond donors (Lipinski definition) is 0. The maximum atomic E-state index is 13.5. The molecule has 3 aromatic heterocycles. The van der Waals surface area contributed by atoms with Crippen molar-refractivity contribution in [1.82, 2.24) is 14.1 Å². The Morgan fingerprint density at radius 1 is 1.03 bits per heavy atom. The molecule has 1 aromatic carbocycles. The van der Waals surface area contributed by atoms with Gasteiger partial charge in [-0.15, -0.1) is 11.3 Å². The molecule has 0 aliphatic heterocycles. The first-order chi connectivity index (χ1) is 15.6. The minimum absolute atomic E-state index is 0.104. The number of ketones is 1. The van der Waals surface area contributed by atoms with Gasteiger partial charge in [-0.25, -0.2) is 17.8 Å². The van der Waals surface area contributed by atoms with Crippen molar-refractivity contribution in [3.63, 3.8) is 0 Å². The highest BCUT2D eigenvalue weighted by molar-refractivity contribution is 7.90. The van der Waals surface area contributed by atoms with Gasteiger partial charge in [0.2, 0.25) is 15.0 Å². The summed E-state index contributed by atoms with van der Waals surface area (Å²) in [6.45, 7) is 0. The van der Waals surface area contributed by atoms with E-state index in [9.17, 15) is 22.4 Å². The fourth-order valence-electron chi connectivity index (χ4n) is 3.24. The average Bonchev–Trinajstić information content (AvgIpc) is 3.40. The minimum Gasteiger partial charge on any atom is -0.293 e. The van der Waals surface area contributed by atoms with E-state index >= 15 is 0 Å². The minimum atomic E-state index is -3.68. The lowest BCUT2D eigenvalue weighted by Gasteiger charge is -2.09. The highest BCUT2D eigenvalue weighted by atomic mass is 35.5. The summed E-state index contributed by atoms with van der Waals surface area (Å²) >= 11 is 7.07. The number of benzene rings is 1. The van der Waals surface area contributed by atoms with Gasteiger partial charge in [0.15, 0.2) is 5.78 Å². The zero-order chi connectivity index (χ0) is 23.8. The molecule has 0 spiro atoms. The molecule has 0 unspecified atom stereocenters. The van der Waals surface area contributed by atoms with Gasteiger partial charge in [-0.05, 0) is 48.9 Å². The Balaban J connectivity index is 1.63. The normalized spacial score (nSPS) is 11.6. The van der Waals surface area contributed by atoms with Crippen molar-refractivity contribution in [2.75, 3.05) is 6.26 Å². The molecular weight excluding hydrogens is 489 g/mol. The Morgan fingerprint density at radius 2 is 1.70 bits per heavy atom. The van der Waals surface area contributed by atoms with Crippen molar-refractivity contribution < 1.29 is 17.6 Å². The van der Waals surface area contributed by atoms with Crippen LogP contribution in [0.3, 0.4) is 0 Å². The van der Waals surface area contributed by atoms with E-state index in [-0.39, 0.29) is 23.8 Å². The second kappa shape index (κ2) is 9.05. The first kappa shape index (κ1) is 23.1. The summed E-state index contributed by atoms with van der Waals surface area (Å²) in [5, 5.41) is -0.167. The van der Waals surface area contributed by atoms with Crippen LogP contribution in [0.5, 0.6) is 0 Å². The zero-order valence-electron chi connectivity index (χ0n) is 17.2. The molecule has 0 atom stereocenters. The van der Waals surface area contributed by atoms with E-state index in [1.807, 2.05) is 0 Å². The molecule has 4 aromatic rings. The SMILES string of the molecule is CS(=O)(=O)c1nc(CCC(=O)c2ccc(Cl)s2)cn1-c1ccc(-n2cc(F)ccc2=O)cc1. The van der Waals surface area contributed by atoms with Crippen LogP contribution in [0.2, 0.25) is 4.34 Å². The molecule has 0 N–H and O–H groups in total. The second-order valence-corrected chi connectivity index (χ2v) is 10.9. The summed E-state index contributed by atoms with van der Waals surface area (Å²) in [6, 6.07) is 11.9. The van der Waals surface area contributed by atoms with E-state index < -0.39 is 21.2 Å². The first-order valence-electron chi connectivity index (χ1n) is 9.68. The van der Waals surface area contributed by atoms with Gasteiger partial charge in [0.1, 0.15) is 5.82 Å². The Bertz CT molecular complexity index is 1510.